The monoisotopic (exact) mass is 253 g/mol. The number of hydrogen-bond donors (Lipinski definition) is 3. The molecule has 92 valence electrons. The maximum atomic E-state index is 11.2. The Kier molecular flexibility index (Phi) is 3.80. The topological polar surface area (TPSA) is 139 Å². The lowest BCUT2D eigenvalue weighted by molar-refractivity contribution is -0.139. The third-order valence-electron chi connectivity index (χ3n) is 1.86. The standard InChI is InChI=1S/C6H11N3O6S/c7-4(6(11)12)3-8-15-16(13,14)9-2-1-5(9)10/h4,8H,1-3,7H2,(H,11,12)/t4-/m0/s1. The zero-order valence-electron chi connectivity index (χ0n) is 8.12. The summed E-state index contributed by atoms with van der Waals surface area (Å²) < 4.78 is 27.2. The highest BCUT2D eigenvalue weighted by Gasteiger charge is 2.36. The van der Waals surface area contributed by atoms with Gasteiger partial charge in [-0.25, -0.2) is 4.31 Å². The predicted octanol–water partition coefficient (Wildman–Crippen LogP) is -2.60. The van der Waals surface area contributed by atoms with Gasteiger partial charge in [-0.1, -0.05) is 0 Å². The molecule has 16 heavy (non-hydrogen) atoms. The predicted molar refractivity (Wildman–Crippen MR) is 49.9 cm³/mol. The zero-order chi connectivity index (χ0) is 12.3. The van der Waals surface area contributed by atoms with E-state index in [1.54, 1.807) is 0 Å². The van der Waals surface area contributed by atoms with Crippen LogP contribution >= 0.6 is 0 Å². The molecule has 0 unspecified atom stereocenters. The molecule has 4 N–H and O–H groups in total. The van der Waals surface area contributed by atoms with Crippen LogP contribution in [-0.2, 0) is 24.2 Å². The van der Waals surface area contributed by atoms with Crippen molar-refractivity contribution in [2.24, 2.45) is 5.73 Å². The second-order valence-corrected chi connectivity index (χ2v) is 4.51. The average Bonchev–Trinajstić information content (AvgIpc) is 2.13. The number of aliphatic carboxylic acids is 1. The van der Waals surface area contributed by atoms with Gasteiger partial charge < -0.3 is 10.8 Å². The van der Waals surface area contributed by atoms with Crippen LogP contribution in [0.15, 0.2) is 0 Å². The molecule has 0 bridgehead atoms. The number of nitrogens with zero attached hydrogens (tertiary/aromatic N) is 1. The van der Waals surface area contributed by atoms with Crippen molar-refractivity contribution in [1.82, 2.24) is 9.79 Å². The molecule has 0 saturated carbocycles. The van der Waals surface area contributed by atoms with Gasteiger partial charge in [-0.2, -0.15) is 18.2 Å². The first-order valence-electron chi connectivity index (χ1n) is 4.30. The normalized spacial score (nSPS) is 18.1. The van der Waals surface area contributed by atoms with Crippen molar-refractivity contribution >= 4 is 22.2 Å². The summed E-state index contributed by atoms with van der Waals surface area (Å²) in [6.07, 6.45) is 0.150. The van der Waals surface area contributed by atoms with Crippen molar-refractivity contribution < 1.29 is 27.4 Å². The highest BCUT2D eigenvalue weighted by Crippen LogP contribution is 2.14. The maximum absolute atomic E-state index is 11.2. The summed E-state index contributed by atoms with van der Waals surface area (Å²) in [7, 11) is -4.17. The number of amides is 1. The van der Waals surface area contributed by atoms with Crippen molar-refractivity contribution in [2.75, 3.05) is 13.1 Å². The average molecular weight is 253 g/mol. The summed E-state index contributed by atoms with van der Waals surface area (Å²) in [6.45, 7) is -0.329. The lowest BCUT2D eigenvalue weighted by atomic mass is 10.3. The molecular formula is C6H11N3O6S. The molecule has 1 aliphatic rings. The largest absolute Gasteiger partial charge is 0.480 e. The van der Waals surface area contributed by atoms with E-state index < -0.39 is 34.8 Å². The Labute approximate surface area is 91.4 Å². The van der Waals surface area contributed by atoms with Crippen molar-refractivity contribution in [2.45, 2.75) is 12.5 Å². The van der Waals surface area contributed by atoms with Gasteiger partial charge in [-0.05, 0) is 0 Å². The van der Waals surface area contributed by atoms with Crippen LogP contribution in [0.3, 0.4) is 0 Å². The molecule has 0 aromatic carbocycles. The SMILES string of the molecule is N[C@@H](CNOS(=O)(=O)N1CCC1=O)C(=O)O. The fraction of sp³-hybridized carbons (Fsp3) is 0.667. The quantitative estimate of drug-likeness (QED) is 0.346. The third-order valence-corrected chi connectivity index (χ3v) is 3.12. The number of nitrogens with two attached hydrogens (primary N) is 1. The Balaban J connectivity index is 2.37. The van der Waals surface area contributed by atoms with Gasteiger partial charge in [0.15, 0.2) is 0 Å². The van der Waals surface area contributed by atoms with E-state index in [4.69, 9.17) is 10.8 Å². The Bertz CT molecular complexity index is 393. The van der Waals surface area contributed by atoms with Gasteiger partial charge in [0, 0.05) is 19.5 Å². The Hall–Kier alpha value is -1.23. The van der Waals surface area contributed by atoms with Gasteiger partial charge in [0.2, 0.25) is 5.91 Å². The second kappa shape index (κ2) is 4.74. The number of β-lactam (4-membered cyclic amide) rings is 1. The molecule has 10 heteroatoms. The van der Waals surface area contributed by atoms with Crippen LogP contribution < -0.4 is 11.2 Å². The van der Waals surface area contributed by atoms with Gasteiger partial charge in [0.25, 0.3) is 0 Å². The highest BCUT2D eigenvalue weighted by atomic mass is 32.2. The van der Waals surface area contributed by atoms with E-state index in [2.05, 4.69) is 4.28 Å². The molecule has 1 rings (SSSR count). The molecule has 0 aromatic rings. The Morgan fingerprint density at radius 3 is 2.69 bits per heavy atom. The molecular weight excluding hydrogens is 242 g/mol. The zero-order valence-corrected chi connectivity index (χ0v) is 8.94. The molecule has 1 heterocycles. The van der Waals surface area contributed by atoms with E-state index in [0.29, 0.717) is 4.31 Å². The number of hydroxylamine groups is 1. The minimum atomic E-state index is -4.17. The third kappa shape index (κ3) is 2.88. The van der Waals surface area contributed by atoms with E-state index in [0.717, 1.165) is 0 Å². The highest BCUT2D eigenvalue weighted by molar-refractivity contribution is 7.84. The lowest BCUT2D eigenvalue weighted by Crippen LogP contribution is -2.50. The number of hydrogen-bond acceptors (Lipinski definition) is 7. The van der Waals surface area contributed by atoms with E-state index >= 15 is 0 Å². The van der Waals surface area contributed by atoms with Crippen molar-refractivity contribution in [1.29, 1.82) is 0 Å². The number of carboxylic acid groups (broad SMARTS) is 1. The smallest absolute Gasteiger partial charge is 0.380 e. The molecule has 1 atom stereocenters. The van der Waals surface area contributed by atoms with Crippen LogP contribution in [0.4, 0.5) is 0 Å². The molecule has 9 nitrogen and oxygen atoms in total. The van der Waals surface area contributed by atoms with E-state index in [1.807, 2.05) is 5.48 Å². The van der Waals surface area contributed by atoms with Crippen molar-refractivity contribution in [3.63, 3.8) is 0 Å². The minimum Gasteiger partial charge on any atom is -0.480 e. The van der Waals surface area contributed by atoms with E-state index in [-0.39, 0.29) is 13.0 Å². The van der Waals surface area contributed by atoms with Gasteiger partial charge in [-0.15, -0.1) is 0 Å². The Morgan fingerprint density at radius 2 is 2.31 bits per heavy atom. The lowest BCUT2D eigenvalue weighted by Gasteiger charge is -2.28. The second-order valence-electron chi connectivity index (χ2n) is 3.05. The minimum absolute atomic E-state index is 0.0633. The van der Waals surface area contributed by atoms with Crippen LogP contribution in [0.5, 0.6) is 0 Å². The van der Waals surface area contributed by atoms with Crippen LogP contribution in [-0.4, -0.2) is 48.8 Å². The fourth-order valence-corrected chi connectivity index (χ4v) is 1.82. The molecule has 0 aliphatic carbocycles. The number of carbonyl (C=O) groups is 2. The first-order valence-corrected chi connectivity index (χ1v) is 5.66. The molecule has 0 radical (unpaired) electrons. The number of nitrogens with one attached hydrogen (secondary N) is 1. The van der Waals surface area contributed by atoms with Crippen LogP contribution in [0.25, 0.3) is 0 Å². The number of carbonyl (C=O) groups excluding carboxylic acids is 1. The molecule has 1 saturated heterocycles. The fourth-order valence-electron chi connectivity index (χ4n) is 0.861. The number of carboxylic acids is 1. The van der Waals surface area contributed by atoms with Crippen LogP contribution in [0.2, 0.25) is 0 Å². The van der Waals surface area contributed by atoms with Crippen LogP contribution in [0, 0.1) is 0 Å². The maximum Gasteiger partial charge on any atom is 0.380 e. The van der Waals surface area contributed by atoms with Crippen LogP contribution in [0.1, 0.15) is 6.42 Å². The number of rotatable bonds is 6. The summed E-state index contributed by atoms with van der Waals surface area (Å²) in [5, 5.41) is 8.39. The van der Waals surface area contributed by atoms with Gasteiger partial charge in [0.1, 0.15) is 6.04 Å². The molecule has 1 aliphatic heterocycles. The Morgan fingerprint density at radius 1 is 1.69 bits per heavy atom. The van der Waals surface area contributed by atoms with E-state index in [1.165, 1.54) is 0 Å². The molecule has 0 spiro atoms. The summed E-state index contributed by atoms with van der Waals surface area (Å²) >= 11 is 0. The summed E-state index contributed by atoms with van der Waals surface area (Å²) in [6, 6.07) is -1.29. The summed E-state index contributed by atoms with van der Waals surface area (Å²) in [5.74, 6) is -1.86. The van der Waals surface area contributed by atoms with Gasteiger partial charge >= 0.3 is 16.3 Å². The summed E-state index contributed by atoms with van der Waals surface area (Å²) in [4.78, 5) is 21.1. The van der Waals surface area contributed by atoms with Gasteiger partial charge in [-0.3, -0.25) is 9.59 Å². The first kappa shape index (κ1) is 12.8. The molecule has 1 amide bonds. The van der Waals surface area contributed by atoms with Crippen molar-refractivity contribution in [3.05, 3.63) is 0 Å². The first-order chi connectivity index (χ1) is 7.34. The summed E-state index contributed by atoms with van der Waals surface area (Å²) in [5.41, 5.74) is 6.97. The van der Waals surface area contributed by atoms with Gasteiger partial charge in [0.05, 0.1) is 0 Å². The molecule has 0 aromatic heterocycles. The molecule has 1 fully saturated rings. The van der Waals surface area contributed by atoms with Crippen molar-refractivity contribution in [3.8, 4) is 0 Å². The van der Waals surface area contributed by atoms with E-state index in [9.17, 15) is 18.0 Å².